The number of carbonyl (C=O) groups excluding carboxylic acids is 1. The van der Waals surface area contributed by atoms with Gasteiger partial charge in [0.25, 0.3) is 5.91 Å². The van der Waals surface area contributed by atoms with Gasteiger partial charge in [-0.25, -0.2) is 9.48 Å². The van der Waals surface area contributed by atoms with Crippen LogP contribution in [0.1, 0.15) is 35.4 Å². The van der Waals surface area contributed by atoms with E-state index in [1.807, 2.05) is 6.07 Å². The third kappa shape index (κ3) is 3.50. The summed E-state index contributed by atoms with van der Waals surface area (Å²) < 4.78 is 4.70. The van der Waals surface area contributed by atoms with Crippen LogP contribution in [0.4, 0.5) is 0 Å². The number of fused-ring (bicyclic) bond motifs is 1. The van der Waals surface area contributed by atoms with Crippen molar-refractivity contribution in [2.45, 2.75) is 38.8 Å². The molecular formula is C17H20N8O2. The number of hydrogen-bond acceptors (Lipinski definition) is 6. The Labute approximate surface area is 154 Å². The molecule has 10 nitrogen and oxygen atoms in total. The van der Waals surface area contributed by atoms with Gasteiger partial charge in [-0.1, -0.05) is 12.1 Å². The summed E-state index contributed by atoms with van der Waals surface area (Å²) in [5.41, 5.74) is 1.04. The van der Waals surface area contributed by atoms with Gasteiger partial charge in [0, 0.05) is 26.1 Å². The molecule has 2 aromatic heterocycles. The Hall–Kier alpha value is -3.30. The minimum Gasteiger partial charge on any atom is -0.352 e. The van der Waals surface area contributed by atoms with Crippen molar-refractivity contribution in [3.8, 4) is 5.69 Å². The van der Waals surface area contributed by atoms with Crippen LogP contribution in [-0.2, 0) is 19.5 Å². The van der Waals surface area contributed by atoms with Crippen LogP contribution in [0.15, 0.2) is 35.4 Å². The number of nitrogens with zero attached hydrogens (tertiary/aromatic N) is 7. The first-order valence-electron chi connectivity index (χ1n) is 9.01. The zero-order valence-electron chi connectivity index (χ0n) is 14.8. The highest BCUT2D eigenvalue weighted by molar-refractivity contribution is 5.97. The molecule has 4 rings (SSSR count). The number of hydrogen-bond donors (Lipinski definition) is 1. The van der Waals surface area contributed by atoms with E-state index >= 15 is 0 Å². The Bertz CT molecular complexity index is 989. The summed E-state index contributed by atoms with van der Waals surface area (Å²) in [4.78, 5) is 24.8. The molecule has 0 fully saturated rings. The number of aryl methyl sites for hydroxylation is 2. The zero-order chi connectivity index (χ0) is 18.6. The minimum atomic E-state index is -0.211. The largest absolute Gasteiger partial charge is 0.352 e. The van der Waals surface area contributed by atoms with Crippen molar-refractivity contribution in [2.24, 2.45) is 0 Å². The van der Waals surface area contributed by atoms with E-state index in [0.29, 0.717) is 30.8 Å². The van der Waals surface area contributed by atoms with Crippen LogP contribution in [0.2, 0.25) is 0 Å². The average molecular weight is 368 g/mol. The third-order valence-corrected chi connectivity index (χ3v) is 4.61. The van der Waals surface area contributed by atoms with Gasteiger partial charge < -0.3 is 5.32 Å². The summed E-state index contributed by atoms with van der Waals surface area (Å²) in [5.74, 6) is 0.656. The fourth-order valence-corrected chi connectivity index (χ4v) is 3.26. The standard InChI is InChI=1S/C17H20N8O2/c26-16(13-6-1-2-7-14(13)25-12-19-21-22-25)18-9-5-11-24-17(27)23-10-4-3-8-15(23)20-24/h1-2,6-7,12H,3-5,8-11H2,(H,18,26). The van der Waals surface area contributed by atoms with Crippen LogP contribution >= 0.6 is 0 Å². The molecule has 0 saturated carbocycles. The minimum absolute atomic E-state index is 0.0555. The van der Waals surface area contributed by atoms with E-state index in [9.17, 15) is 9.59 Å². The van der Waals surface area contributed by atoms with Crippen molar-refractivity contribution in [3.05, 3.63) is 52.5 Å². The van der Waals surface area contributed by atoms with Crippen LogP contribution in [0.25, 0.3) is 5.69 Å². The maximum atomic E-state index is 12.5. The van der Waals surface area contributed by atoms with Crippen molar-refractivity contribution < 1.29 is 4.79 Å². The summed E-state index contributed by atoms with van der Waals surface area (Å²) in [6, 6.07) is 7.11. The number of carbonyl (C=O) groups is 1. The molecule has 27 heavy (non-hydrogen) atoms. The normalized spacial score (nSPS) is 13.3. The Morgan fingerprint density at radius 2 is 2.11 bits per heavy atom. The number of amides is 1. The Morgan fingerprint density at radius 3 is 2.93 bits per heavy atom. The van der Waals surface area contributed by atoms with E-state index in [-0.39, 0.29) is 11.6 Å². The molecule has 0 spiro atoms. The van der Waals surface area contributed by atoms with Gasteiger partial charge in [0.05, 0.1) is 11.3 Å². The van der Waals surface area contributed by atoms with Crippen LogP contribution in [0, 0.1) is 0 Å². The maximum absolute atomic E-state index is 12.5. The average Bonchev–Trinajstić information content (AvgIpc) is 3.34. The van der Waals surface area contributed by atoms with Gasteiger partial charge in [-0.05, 0) is 41.8 Å². The molecule has 1 amide bonds. The van der Waals surface area contributed by atoms with Crippen molar-refractivity contribution >= 4 is 5.91 Å². The first-order chi connectivity index (χ1) is 13.2. The van der Waals surface area contributed by atoms with Gasteiger partial charge in [0.2, 0.25) is 0 Å². The number of para-hydroxylation sites is 1. The van der Waals surface area contributed by atoms with E-state index in [0.717, 1.165) is 31.6 Å². The molecule has 3 aromatic rings. The van der Waals surface area contributed by atoms with E-state index in [4.69, 9.17) is 0 Å². The van der Waals surface area contributed by atoms with Gasteiger partial charge in [0.1, 0.15) is 12.2 Å². The zero-order valence-corrected chi connectivity index (χ0v) is 14.8. The molecule has 1 aliphatic heterocycles. The van der Waals surface area contributed by atoms with E-state index in [2.05, 4.69) is 25.9 Å². The smallest absolute Gasteiger partial charge is 0.345 e. The lowest BCUT2D eigenvalue weighted by atomic mass is 10.1. The fraction of sp³-hybridized carbons (Fsp3) is 0.412. The van der Waals surface area contributed by atoms with Crippen molar-refractivity contribution in [3.63, 3.8) is 0 Å². The molecule has 1 N–H and O–H groups in total. The molecule has 0 atom stereocenters. The van der Waals surface area contributed by atoms with E-state index in [1.165, 1.54) is 15.7 Å². The second-order valence-corrected chi connectivity index (χ2v) is 6.41. The number of tetrazole rings is 1. The van der Waals surface area contributed by atoms with Gasteiger partial charge in [-0.15, -0.1) is 5.10 Å². The van der Waals surface area contributed by atoms with Crippen LogP contribution in [0.3, 0.4) is 0 Å². The summed E-state index contributed by atoms with van der Waals surface area (Å²) in [6.07, 6.45) is 5.02. The third-order valence-electron chi connectivity index (χ3n) is 4.61. The molecule has 0 unspecified atom stereocenters. The predicted octanol–water partition coefficient (Wildman–Crippen LogP) is 0.177. The quantitative estimate of drug-likeness (QED) is 0.621. The Balaban J connectivity index is 1.36. The summed E-state index contributed by atoms with van der Waals surface area (Å²) in [7, 11) is 0. The van der Waals surface area contributed by atoms with Crippen molar-refractivity contribution in [2.75, 3.05) is 6.54 Å². The van der Waals surface area contributed by atoms with Crippen LogP contribution in [-0.4, -0.2) is 47.0 Å². The first-order valence-corrected chi connectivity index (χ1v) is 9.01. The Morgan fingerprint density at radius 1 is 1.22 bits per heavy atom. The molecule has 0 saturated heterocycles. The van der Waals surface area contributed by atoms with E-state index < -0.39 is 0 Å². The molecular weight excluding hydrogens is 348 g/mol. The molecule has 1 aromatic carbocycles. The highest BCUT2D eigenvalue weighted by atomic mass is 16.2. The van der Waals surface area contributed by atoms with Crippen LogP contribution in [0.5, 0.6) is 0 Å². The van der Waals surface area contributed by atoms with Crippen LogP contribution < -0.4 is 11.0 Å². The number of benzene rings is 1. The first kappa shape index (κ1) is 17.1. The molecule has 3 heterocycles. The topological polar surface area (TPSA) is 113 Å². The highest BCUT2D eigenvalue weighted by Crippen LogP contribution is 2.12. The lowest BCUT2D eigenvalue weighted by Gasteiger charge is -2.09. The molecule has 1 aliphatic rings. The monoisotopic (exact) mass is 368 g/mol. The summed E-state index contributed by atoms with van der Waals surface area (Å²) in [5, 5.41) is 18.3. The fourth-order valence-electron chi connectivity index (χ4n) is 3.26. The maximum Gasteiger partial charge on any atom is 0.345 e. The summed E-state index contributed by atoms with van der Waals surface area (Å²) in [6.45, 7) is 1.67. The van der Waals surface area contributed by atoms with Gasteiger partial charge in [-0.2, -0.15) is 9.78 Å². The molecule has 10 heteroatoms. The molecule has 0 bridgehead atoms. The van der Waals surface area contributed by atoms with Gasteiger partial charge >= 0.3 is 5.69 Å². The van der Waals surface area contributed by atoms with Gasteiger partial charge in [0.15, 0.2) is 0 Å². The summed E-state index contributed by atoms with van der Waals surface area (Å²) >= 11 is 0. The van der Waals surface area contributed by atoms with Crippen molar-refractivity contribution in [1.82, 2.24) is 39.9 Å². The highest BCUT2D eigenvalue weighted by Gasteiger charge is 2.16. The second kappa shape index (κ2) is 7.52. The van der Waals surface area contributed by atoms with Crippen molar-refractivity contribution in [1.29, 1.82) is 0 Å². The molecule has 0 aliphatic carbocycles. The van der Waals surface area contributed by atoms with Gasteiger partial charge in [-0.3, -0.25) is 9.36 Å². The molecule has 0 radical (unpaired) electrons. The number of nitrogens with one attached hydrogen (secondary N) is 1. The number of rotatable bonds is 6. The second-order valence-electron chi connectivity index (χ2n) is 6.41. The molecule has 140 valence electrons. The SMILES string of the molecule is O=C(NCCCn1nc2n(c1=O)CCCC2)c1ccccc1-n1cnnn1. The van der Waals surface area contributed by atoms with E-state index in [1.54, 1.807) is 22.8 Å². The lowest BCUT2D eigenvalue weighted by molar-refractivity contribution is 0.0952. The lowest BCUT2D eigenvalue weighted by Crippen LogP contribution is -2.29. The predicted molar refractivity (Wildman–Crippen MR) is 95.5 cm³/mol. The Kier molecular flexibility index (Phi) is 4.77. The number of aromatic nitrogens is 7.